The first-order valence-corrected chi connectivity index (χ1v) is 12.5. The molecule has 1 saturated heterocycles. The van der Waals surface area contributed by atoms with Crippen LogP contribution in [0.4, 0.5) is 11.6 Å². The number of halogens is 1. The van der Waals surface area contributed by atoms with Gasteiger partial charge >= 0.3 is 0 Å². The Bertz CT molecular complexity index is 1710. The number of anilines is 2. The summed E-state index contributed by atoms with van der Waals surface area (Å²) in [5.41, 5.74) is 2.94. The number of hydrogen-bond donors (Lipinski definition) is 1. The zero-order valence-electron chi connectivity index (χ0n) is 20.0. The van der Waals surface area contributed by atoms with Gasteiger partial charge in [-0.1, -0.05) is 17.7 Å². The molecule has 2 aliphatic rings. The number of nitrogens with zero attached hydrogens (tertiary/aromatic N) is 7. The predicted molar refractivity (Wildman–Crippen MR) is 137 cm³/mol. The minimum Gasteiger partial charge on any atom is -0.450 e. The molecule has 1 unspecified atom stereocenters. The van der Waals surface area contributed by atoms with E-state index in [4.69, 9.17) is 21.1 Å². The smallest absolute Gasteiger partial charge is 0.290 e. The molecule has 5 aromatic heterocycles. The molecule has 1 atom stereocenters. The first-order valence-electron chi connectivity index (χ1n) is 12.2. The Labute approximate surface area is 215 Å². The first-order chi connectivity index (χ1) is 18.1. The second kappa shape index (κ2) is 8.56. The third-order valence-electron chi connectivity index (χ3n) is 6.86. The number of imidazole rings is 1. The van der Waals surface area contributed by atoms with Crippen LogP contribution in [0.25, 0.3) is 16.7 Å². The van der Waals surface area contributed by atoms with Crippen LogP contribution >= 0.6 is 11.6 Å². The van der Waals surface area contributed by atoms with Crippen molar-refractivity contribution in [3.05, 3.63) is 63.9 Å². The molecule has 5 aromatic rings. The van der Waals surface area contributed by atoms with Gasteiger partial charge in [0.1, 0.15) is 21.7 Å². The van der Waals surface area contributed by atoms with E-state index in [0.717, 1.165) is 30.5 Å². The van der Waals surface area contributed by atoms with Gasteiger partial charge in [0.15, 0.2) is 17.1 Å². The number of fused-ring (bicyclic) bond motifs is 2. The van der Waals surface area contributed by atoms with Crippen molar-refractivity contribution in [2.75, 3.05) is 18.5 Å². The van der Waals surface area contributed by atoms with Gasteiger partial charge in [-0.25, -0.2) is 14.2 Å². The van der Waals surface area contributed by atoms with Crippen LogP contribution < -0.4 is 15.6 Å². The van der Waals surface area contributed by atoms with Crippen molar-refractivity contribution < 1.29 is 9.47 Å². The number of aryl methyl sites for hydroxylation is 1. The van der Waals surface area contributed by atoms with Gasteiger partial charge < -0.3 is 19.4 Å². The van der Waals surface area contributed by atoms with E-state index in [2.05, 4.69) is 25.5 Å². The quantitative estimate of drug-likeness (QED) is 0.356. The minimum absolute atomic E-state index is 0.0667. The summed E-state index contributed by atoms with van der Waals surface area (Å²) < 4.78 is 16.6. The third-order valence-corrected chi connectivity index (χ3v) is 7.23. The van der Waals surface area contributed by atoms with E-state index >= 15 is 0 Å². The number of aromatic nitrogens is 7. The highest BCUT2D eigenvalue weighted by molar-refractivity contribution is 6.36. The van der Waals surface area contributed by atoms with Crippen LogP contribution in [0.5, 0.6) is 11.5 Å². The van der Waals surface area contributed by atoms with Gasteiger partial charge in [0.25, 0.3) is 5.56 Å². The lowest BCUT2D eigenvalue weighted by Crippen LogP contribution is -2.30. The van der Waals surface area contributed by atoms with Crippen molar-refractivity contribution >= 4 is 39.9 Å². The van der Waals surface area contributed by atoms with E-state index < -0.39 is 0 Å². The highest BCUT2D eigenvalue weighted by atomic mass is 35.5. The number of pyridine rings is 2. The Morgan fingerprint density at radius 1 is 1.19 bits per heavy atom. The molecule has 7 rings (SSSR count). The average molecular weight is 519 g/mol. The van der Waals surface area contributed by atoms with Gasteiger partial charge in [0, 0.05) is 25.8 Å². The second-order valence-electron chi connectivity index (χ2n) is 9.39. The summed E-state index contributed by atoms with van der Waals surface area (Å²) in [5.74, 6) is 1.76. The van der Waals surface area contributed by atoms with Crippen LogP contribution in [0.2, 0.25) is 5.02 Å². The minimum atomic E-state index is -0.205. The highest BCUT2D eigenvalue weighted by Gasteiger charge is 2.29. The fraction of sp³-hybridized carbons (Fsp3) is 0.320. The van der Waals surface area contributed by atoms with E-state index in [1.165, 1.54) is 0 Å². The van der Waals surface area contributed by atoms with Crippen molar-refractivity contribution in [1.82, 2.24) is 33.9 Å². The Balaban J connectivity index is 1.26. The number of hydrogen-bond acceptors (Lipinski definition) is 8. The number of rotatable bonds is 6. The van der Waals surface area contributed by atoms with Crippen molar-refractivity contribution in [2.24, 2.45) is 7.05 Å². The summed E-state index contributed by atoms with van der Waals surface area (Å²) in [6.45, 7) is 1.12. The molecular formula is C25H23ClN8O3. The average Bonchev–Trinajstić information content (AvgIpc) is 3.31. The topological polar surface area (TPSA) is 113 Å². The van der Waals surface area contributed by atoms with E-state index in [-0.39, 0.29) is 11.6 Å². The molecule has 0 bridgehead atoms. The number of ether oxygens (including phenoxy) is 2. The maximum Gasteiger partial charge on any atom is 0.290 e. The second-order valence-corrected chi connectivity index (χ2v) is 9.77. The van der Waals surface area contributed by atoms with Gasteiger partial charge in [-0.05, 0) is 37.5 Å². The van der Waals surface area contributed by atoms with Crippen molar-refractivity contribution in [3.8, 4) is 11.5 Å². The van der Waals surface area contributed by atoms with E-state index in [1.54, 1.807) is 26.2 Å². The largest absolute Gasteiger partial charge is 0.450 e. The standard InChI is InChI=1S/C25H23ClN8O3/c1-32-22-21(26)20(37-19-12-28-33-8-3-2-4-18(19)33)11-27-23(22)30-25(32)29-17-10-16(14-5-6-14)31-34(24(17)35)15-7-9-36-13-15/h2-4,8,10-12,14-15H,5-7,9,13H2,1H3,(H,27,29,30). The molecule has 0 radical (unpaired) electrons. The molecule has 2 fully saturated rings. The summed E-state index contributed by atoms with van der Waals surface area (Å²) in [5, 5.41) is 12.5. The molecule has 37 heavy (non-hydrogen) atoms. The Morgan fingerprint density at radius 3 is 2.89 bits per heavy atom. The van der Waals surface area contributed by atoms with Gasteiger partial charge in [-0.2, -0.15) is 15.2 Å². The monoisotopic (exact) mass is 518 g/mol. The molecule has 0 aromatic carbocycles. The fourth-order valence-electron chi connectivity index (χ4n) is 4.69. The van der Waals surface area contributed by atoms with Gasteiger partial charge in [-0.3, -0.25) is 4.79 Å². The Hall–Kier alpha value is -3.96. The molecule has 188 valence electrons. The molecule has 0 spiro atoms. The van der Waals surface area contributed by atoms with Gasteiger partial charge in [0.2, 0.25) is 5.95 Å². The predicted octanol–water partition coefficient (Wildman–Crippen LogP) is 4.20. The zero-order chi connectivity index (χ0) is 25.1. The van der Waals surface area contributed by atoms with Crippen LogP contribution in [0, 0.1) is 0 Å². The molecule has 1 aliphatic heterocycles. The SMILES string of the molecule is Cn1c(Nc2cc(C3CC3)nn(C3CCOC3)c2=O)nc2ncc(Oc3cnn4ccccc34)c(Cl)c21. The van der Waals surface area contributed by atoms with Crippen LogP contribution in [0.1, 0.15) is 36.9 Å². The third kappa shape index (κ3) is 3.82. The maximum absolute atomic E-state index is 13.4. The first kappa shape index (κ1) is 22.3. The van der Waals surface area contributed by atoms with Gasteiger partial charge in [-0.15, -0.1) is 0 Å². The highest BCUT2D eigenvalue weighted by Crippen LogP contribution is 2.40. The fourth-order valence-corrected chi connectivity index (χ4v) is 4.99. The zero-order valence-corrected chi connectivity index (χ0v) is 20.7. The molecule has 1 aliphatic carbocycles. The number of nitrogens with one attached hydrogen (secondary N) is 1. The maximum atomic E-state index is 13.4. The molecule has 6 heterocycles. The lowest BCUT2D eigenvalue weighted by molar-refractivity contribution is 0.183. The summed E-state index contributed by atoms with van der Waals surface area (Å²) in [6.07, 6.45) is 7.93. The molecular weight excluding hydrogens is 496 g/mol. The van der Waals surface area contributed by atoms with Crippen molar-refractivity contribution in [3.63, 3.8) is 0 Å². The Morgan fingerprint density at radius 2 is 2.08 bits per heavy atom. The summed E-state index contributed by atoms with van der Waals surface area (Å²) >= 11 is 6.78. The van der Waals surface area contributed by atoms with Crippen LogP contribution in [-0.2, 0) is 11.8 Å². The van der Waals surface area contributed by atoms with Crippen molar-refractivity contribution in [1.29, 1.82) is 0 Å². The normalized spacial score (nSPS) is 17.6. The van der Waals surface area contributed by atoms with E-state index in [1.807, 2.05) is 37.5 Å². The van der Waals surface area contributed by atoms with Crippen LogP contribution in [0.3, 0.4) is 0 Å². The van der Waals surface area contributed by atoms with E-state index in [9.17, 15) is 4.79 Å². The lowest BCUT2D eigenvalue weighted by atomic mass is 10.2. The summed E-state index contributed by atoms with van der Waals surface area (Å²) in [4.78, 5) is 22.4. The van der Waals surface area contributed by atoms with Gasteiger partial charge in [0.05, 0.1) is 30.7 Å². The Kier molecular flexibility index (Phi) is 5.15. The molecule has 1 saturated carbocycles. The van der Waals surface area contributed by atoms with Crippen molar-refractivity contribution in [2.45, 2.75) is 31.2 Å². The molecule has 0 amide bonds. The summed E-state index contributed by atoms with van der Waals surface area (Å²) in [6, 6.07) is 7.47. The molecule has 1 N–H and O–H groups in total. The van der Waals surface area contributed by atoms with Crippen LogP contribution in [0.15, 0.2) is 47.7 Å². The lowest BCUT2D eigenvalue weighted by Gasteiger charge is -2.15. The van der Waals surface area contributed by atoms with Crippen LogP contribution in [-0.4, -0.2) is 47.1 Å². The molecule has 12 heteroatoms. The van der Waals surface area contributed by atoms with E-state index in [0.29, 0.717) is 58.5 Å². The molecule has 11 nitrogen and oxygen atoms in total. The summed E-state index contributed by atoms with van der Waals surface area (Å²) in [7, 11) is 1.82.